The van der Waals surface area contributed by atoms with Gasteiger partial charge in [0.1, 0.15) is 0 Å². The summed E-state index contributed by atoms with van der Waals surface area (Å²) < 4.78 is 4.68. The van der Waals surface area contributed by atoms with Crippen molar-refractivity contribution in [2.24, 2.45) is 5.92 Å². The number of aryl methyl sites for hydroxylation is 1. The summed E-state index contributed by atoms with van der Waals surface area (Å²) in [6.07, 6.45) is 2.71. The van der Waals surface area contributed by atoms with Crippen molar-refractivity contribution >= 4 is 5.97 Å². The van der Waals surface area contributed by atoms with Crippen molar-refractivity contribution in [3.63, 3.8) is 0 Å². The third-order valence-corrected chi connectivity index (χ3v) is 2.61. The molecule has 74 valence electrons. The summed E-state index contributed by atoms with van der Waals surface area (Å²) in [5, 5.41) is 0. The lowest BCUT2D eigenvalue weighted by Crippen LogP contribution is -2.04. The molecule has 0 aromatic carbocycles. The monoisotopic (exact) mass is 191 g/mol. The molecule has 2 unspecified atom stereocenters. The molecule has 1 aromatic heterocycles. The van der Waals surface area contributed by atoms with Gasteiger partial charge in [-0.3, -0.25) is 9.78 Å². The Bertz CT molecular complexity index is 345. The largest absolute Gasteiger partial charge is 0.469 e. The molecule has 14 heavy (non-hydrogen) atoms. The summed E-state index contributed by atoms with van der Waals surface area (Å²) in [6, 6.07) is 4.01. The molecule has 0 radical (unpaired) electrons. The zero-order chi connectivity index (χ0) is 10.1. The zero-order valence-corrected chi connectivity index (χ0v) is 8.36. The number of hydrogen-bond acceptors (Lipinski definition) is 3. The molecule has 3 heteroatoms. The van der Waals surface area contributed by atoms with Crippen molar-refractivity contribution in [1.82, 2.24) is 4.98 Å². The molecule has 2 rings (SSSR count). The predicted molar refractivity (Wildman–Crippen MR) is 51.8 cm³/mol. The molecule has 1 aliphatic carbocycles. The number of methoxy groups -OCH3 is 1. The van der Waals surface area contributed by atoms with Gasteiger partial charge in [0.15, 0.2) is 0 Å². The normalized spacial score (nSPS) is 24.4. The first-order valence-corrected chi connectivity index (χ1v) is 4.72. The molecule has 0 N–H and O–H groups in total. The molecule has 1 saturated carbocycles. The number of ether oxygens (including phenoxy) is 1. The minimum absolute atomic E-state index is 0.0372. The highest BCUT2D eigenvalue weighted by molar-refractivity contribution is 5.77. The Kier molecular flexibility index (Phi) is 2.23. The van der Waals surface area contributed by atoms with E-state index in [1.165, 1.54) is 7.11 Å². The summed E-state index contributed by atoms with van der Waals surface area (Å²) in [5.41, 5.74) is 2.15. The maximum Gasteiger partial charge on any atom is 0.309 e. The molecule has 0 spiro atoms. The van der Waals surface area contributed by atoms with Crippen molar-refractivity contribution in [1.29, 1.82) is 0 Å². The number of nitrogens with zero attached hydrogens (tertiary/aromatic N) is 1. The summed E-state index contributed by atoms with van der Waals surface area (Å²) >= 11 is 0. The van der Waals surface area contributed by atoms with Crippen LogP contribution in [0, 0.1) is 12.8 Å². The Morgan fingerprint density at radius 2 is 2.36 bits per heavy atom. The Hall–Kier alpha value is -1.38. The fourth-order valence-corrected chi connectivity index (χ4v) is 1.63. The van der Waals surface area contributed by atoms with E-state index >= 15 is 0 Å². The van der Waals surface area contributed by atoms with E-state index in [0.29, 0.717) is 0 Å². The SMILES string of the molecule is COC(=O)C1CC1c1ccc(C)cn1. The lowest BCUT2D eigenvalue weighted by molar-refractivity contribution is -0.142. The van der Waals surface area contributed by atoms with Crippen molar-refractivity contribution in [2.45, 2.75) is 19.3 Å². The highest BCUT2D eigenvalue weighted by atomic mass is 16.5. The van der Waals surface area contributed by atoms with Crippen LogP contribution in [0.3, 0.4) is 0 Å². The average Bonchev–Trinajstić information content (AvgIpc) is 2.98. The fourth-order valence-electron chi connectivity index (χ4n) is 1.63. The predicted octanol–water partition coefficient (Wildman–Crippen LogP) is 1.67. The zero-order valence-electron chi connectivity index (χ0n) is 8.36. The van der Waals surface area contributed by atoms with Gasteiger partial charge in [-0.1, -0.05) is 6.07 Å². The molecular weight excluding hydrogens is 178 g/mol. The van der Waals surface area contributed by atoms with E-state index in [1.807, 2.05) is 25.3 Å². The molecule has 0 saturated heterocycles. The first-order chi connectivity index (χ1) is 6.72. The van der Waals surface area contributed by atoms with Crippen LogP contribution in [-0.2, 0) is 9.53 Å². The van der Waals surface area contributed by atoms with E-state index in [4.69, 9.17) is 0 Å². The topological polar surface area (TPSA) is 39.2 Å². The fraction of sp³-hybridized carbons (Fsp3) is 0.455. The van der Waals surface area contributed by atoms with Gasteiger partial charge >= 0.3 is 5.97 Å². The third-order valence-electron chi connectivity index (χ3n) is 2.61. The van der Waals surface area contributed by atoms with Crippen LogP contribution in [0.1, 0.15) is 23.6 Å². The van der Waals surface area contributed by atoms with E-state index in [0.717, 1.165) is 17.7 Å². The molecule has 0 aliphatic heterocycles. The lowest BCUT2D eigenvalue weighted by Gasteiger charge is -1.99. The molecular formula is C11H13NO2. The van der Waals surface area contributed by atoms with Crippen LogP contribution in [0.25, 0.3) is 0 Å². The molecule has 2 atom stereocenters. The van der Waals surface area contributed by atoms with Crippen LogP contribution in [0.15, 0.2) is 18.3 Å². The van der Waals surface area contributed by atoms with Crippen molar-refractivity contribution in [3.8, 4) is 0 Å². The standard InChI is InChI=1S/C11H13NO2/c1-7-3-4-10(12-6-7)8-5-9(8)11(13)14-2/h3-4,6,8-9H,5H2,1-2H3. The molecule has 1 aliphatic rings. The van der Waals surface area contributed by atoms with Gasteiger partial charge in [0.05, 0.1) is 13.0 Å². The molecule has 3 nitrogen and oxygen atoms in total. The second kappa shape index (κ2) is 3.40. The van der Waals surface area contributed by atoms with Gasteiger partial charge in [-0.05, 0) is 25.0 Å². The number of carbonyl (C=O) groups excluding carboxylic acids is 1. The van der Waals surface area contributed by atoms with Gasteiger partial charge in [0, 0.05) is 17.8 Å². The number of rotatable bonds is 2. The van der Waals surface area contributed by atoms with Gasteiger partial charge in [-0.2, -0.15) is 0 Å². The van der Waals surface area contributed by atoms with Gasteiger partial charge in [0.2, 0.25) is 0 Å². The third kappa shape index (κ3) is 1.62. The van der Waals surface area contributed by atoms with Gasteiger partial charge in [-0.15, -0.1) is 0 Å². The summed E-state index contributed by atoms with van der Waals surface area (Å²) in [4.78, 5) is 15.5. The maximum atomic E-state index is 11.2. The van der Waals surface area contributed by atoms with Gasteiger partial charge in [0.25, 0.3) is 0 Å². The number of hydrogen-bond donors (Lipinski definition) is 0. The quantitative estimate of drug-likeness (QED) is 0.667. The number of carbonyl (C=O) groups is 1. The van der Waals surface area contributed by atoms with Crippen molar-refractivity contribution in [2.75, 3.05) is 7.11 Å². The Labute approximate surface area is 83.1 Å². The van der Waals surface area contributed by atoms with Crippen LogP contribution in [0.5, 0.6) is 0 Å². The van der Waals surface area contributed by atoms with Crippen molar-refractivity contribution < 1.29 is 9.53 Å². The Morgan fingerprint density at radius 3 is 2.93 bits per heavy atom. The smallest absolute Gasteiger partial charge is 0.309 e. The minimum Gasteiger partial charge on any atom is -0.469 e. The number of pyridine rings is 1. The van der Waals surface area contributed by atoms with E-state index in [9.17, 15) is 4.79 Å². The molecule has 1 heterocycles. The summed E-state index contributed by atoms with van der Waals surface area (Å²) in [7, 11) is 1.43. The van der Waals surface area contributed by atoms with Crippen LogP contribution < -0.4 is 0 Å². The molecule has 1 aromatic rings. The summed E-state index contributed by atoms with van der Waals surface area (Å²) in [6.45, 7) is 2.00. The van der Waals surface area contributed by atoms with Crippen molar-refractivity contribution in [3.05, 3.63) is 29.6 Å². The second-order valence-corrected chi connectivity index (χ2v) is 3.73. The first kappa shape index (κ1) is 9.19. The van der Waals surface area contributed by atoms with E-state index < -0.39 is 0 Å². The van der Waals surface area contributed by atoms with E-state index in [1.54, 1.807) is 0 Å². The highest BCUT2D eigenvalue weighted by Crippen LogP contribution is 2.47. The van der Waals surface area contributed by atoms with Crippen LogP contribution in [-0.4, -0.2) is 18.1 Å². The second-order valence-electron chi connectivity index (χ2n) is 3.73. The molecule has 1 fully saturated rings. The number of esters is 1. The number of aromatic nitrogens is 1. The van der Waals surface area contributed by atoms with E-state index in [2.05, 4.69) is 9.72 Å². The molecule has 0 bridgehead atoms. The first-order valence-electron chi connectivity index (χ1n) is 4.72. The highest BCUT2D eigenvalue weighted by Gasteiger charge is 2.45. The summed E-state index contributed by atoms with van der Waals surface area (Å²) in [5.74, 6) is 0.204. The molecule has 0 amide bonds. The lowest BCUT2D eigenvalue weighted by atomic mass is 10.2. The van der Waals surface area contributed by atoms with Crippen LogP contribution in [0.2, 0.25) is 0 Å². The Morgan fingerprint density at radius 1 is 1.57 bits per heavy atom. The van der Waals surface area contributed by atoms with Gasteiger partial charge in [-0.25, -0.2) is 0 Å². The maximum absolute atomic E-state index is 11.2. The minimum atomic E-state index is -0.114. The average molecular weight is 191 g/mol. The Balaban J connectivity index is 2.06. The van der Waals surface area contributed by atoms with E-state index in [-0.39, 0.29) is 17.8 Å². The van der Waals surface area contributed by atoms with Crippen LogP contribution >= 0.6 is 0 Å². The van der Waals surface area contributed by atoms with Crippen LogP contribution in [0.4, 0.5) is 0 Å². The van der Waals surface area contributed by atoms with Gasteiger partial charge < -0.3 is 4.74 Å².